The number of hydrogen-bond donors (Lipinski definition) is 0. The van der Waals surface area contributed by atoms with E-state index < -0.39 is 0 Å². The molecule has 0 aromatic heterocycles. The van der Waals surface area contributed by atoms with E-state index in [4.69, 9.17) is 4.74 Å². The van der Waals surface area contributed by atoms with Crippen LogP contribution in [0.1, 0.15) is 30.4 Å². The van der Waals surface area contributed by atoms with E-state index in [-0.39, 0.29) is 12.0 Å². The molecule has 120 valence electrons. The fourth-order valence-corrected chi connectivity index (χ4v) is 3.34. The number of carbonyl (C=O) groups is 1. The molecule has 1 unspecified atom stereocenters. The van der Waals surface area contributed by atoms with Gasteiger partial charge in [0, 0.05) is 32.7 Å². The van der Waals surface area contributed by atoms with Crippen molar-refractivity contribution < 1.29 is 9.53 Å². The van der Waals surface area contributed by atoms with Crippen molar-refractivity contribution in [3.63, 3.8) is 0 Å². The summed E-state index contributed by atoms with van der Waals surface area (Å²) < 4.78 is 5.76. The molecule has 1 aromatic rings. The maximum absolute atomic E-state index is 12.6. The first-order valence-corrected chi connectivity index (χ1v) is 8.41. The zero-order valence-electron chi connectivity index (χ0n) is 13.5. The first kappa shape index (κ1) is 15.5. The summed E-state index contributed by atoms with van der Waals surface area (Å²) in [5.74, 6) is 0.189. The van der Waals surface area contributed by atoms with Crippen molar-refractivity contribution in [1.82, 2.24) is 9.80 Å². The molecule has 0 aliphatic carbocycles. The maximum atomic E-state index is 12.6. The molecule has 4 heteroatoms. The first-order valence-electron chi connectivity index (χ1n) is 8.41. The molecular weight excluding hydrogens is 276 g/mol. The Morgan fingerprint density at radius 3 is 2.73 bits per heavy atom. The highest BCUT2D eigenvalue weighted by molar-refractivity contribution is 5.81. The summed E-state index contributed by atoms with van der Waals surface area (Å²) in [6.45, 7) is 7.11. The molecule has 0 saturated carbocycles. The van der Waals surface area contributed by atoms with Crippen LogP contribution in [0.5, 0.6) is 0 Å². The van der Waals surface area contributed by atoms with Gasteiger partial charge in [-0.05, 0) is 37.3 Å². The van der Waals surface area contributed by atoms with E-state index in [0.29, 0.717) is 13.2 Å². The Morgan fingerprint density at radius 2 is 1.95 bits per heavy atom. The lowest BCUT2D eigenvalue weighted by atomic mass is 10.1. The van der Waals surface area contributed by atoms with E-state index in [0.717, 1.165) is 39.0 Å². The number of ether oxygens (including phenoxy) is 1. The van der Waals surface area contributed by atoms with Crippen LogP contribution in [0.2, 0.25) is 0 Å². The minimum absolute atomic E-state index is 0.189. The molecule has 2 aliphatic rings. The van der Waals surface area contributed by atoms with Crippen molar-refractivity contribution >= 4 is 5.91 Å². The molecule has 4 nitrogen and oxygen atoms in total. The molecule has 2 aliphatic heterocycles. The van der Waals surface area contributed by atoms with Gasteiger partial charge in [0.1, 0.15) is 6.10 Å². The average Bonchev–Trinajstić information content (AvgIpc) is 2.57. The van der Waals surface area contributed by atoms with Gasteiger partial charge in [-0.15, -0.1) is 0 Å². The van der Waals surface area contributed by atoms with Crippen LogP contribution < -0.4 is 0 Å². The Hall–Kier alpha value is -1.39. The predicted molar refractivity (Wildman–Crippen MR) is 86.6 cm³/mol. The van der Waals surface area contributed by atoms with Crippen LogP contribution in [0.4, 0.5) is 0 Å². The second kappa shape index (κ2) is 7.25. The lowest BCUT2D eigenvalue weighted by Gasteiger charge is -2.36. The topological polar surface area (TPSA) is 32.8 Å². The normalized spacial score (nSPS) is 23.5. The minimum atomic E-state index is -0.282. The molecule has 1 aromatic carbocycles. The van der Waals surface area contributed by atoms with Crippen LogP contribution in [-0.2, 0) is 16.1 Å². The third kappa shape index (κ3) is 3.68. The third-order valence-corrected chi connectivity index (χ3v) is 4.75. The van der Waals surface area contributed by atoms with Crippen LogP contribution in [0.25, 0.3) is 0 Å². The van der Waals surface area contributed by atoms with Gasteiger partial charge in [-0.25, -0.2) is 0 Å². The molecule has 2 heterocycles. The van der Waals surface area contributed by atoms with Crippen LogP contribution in [-0.4, -0.2) is 54.6 Å². The summed E-state index contributed by atoms with van der Waals surface area (Å²) in [6, 6.07) is 8.47. The zero-order valence-corrected chi connectivity index (χ0v) is 13.5. The highest BCUT2D eigenvalue weighted by Crippen LogP contribution is 2.17. The molecule has 1 amide bonds. The molecular formula is C18H26N2O2. The SMILES string of the molecule is Cc1ccccc1CN1CCOC(C(=O)N2CCCCC2)C1. The van der Waals surface area contributed by atoms with Crippen molar-refractivity contribution in [2.75, 3.05) is 32.8 Å². The van der Waals surface area contributed by atoms with Crippen LogP contribution in [0.15, 0.2) is 24.3 Å². The van der Waals surface area contributed by atoms with Crippen molar-refractivity contribution in [1.29, 1.82) is 0 Å². The summed E-state index contributed by atoms with van der Waals surface area (Å²) in [4.78, 5) is 16.9. The lowest BCUT2D eigenvalue weighted by Crippen LogP contribution is -2.51. The Kier molecular flexibility index (Phi) is 5.11. The van der Waals surface area contributed by atoms with Crippen molar-refractivity contribution in [3.05, 3.63) is 35.4 Å². The monoisotopic (exact) mass is 302 g/mol. The number of rotatable bonds is 3. The van der Waals surface area contributed by atoms with E-state index in [1.54, 1.807) is 0 Å². The number of hydrogen-bond acceptors (Lipinski definition) is 3. The second-order valence-corrected chi connectivity index (χ2v) is 6.41. The number of carbonyl (C=O) groups excluding carboxylic acids is 1. The van der Waals surface area contributed by atoms with Gasteiger partial charge < -0.3 is 9.64 Å². The van der Waals surface area contributed by atoms with Crippen molar-refractivity contribution in [3.8, 4) is 0 Å². The standard InChI is InChI=1S/C18H26N2O2/c1-15-7-3-4-8-16(15)13-19-11-12-22-17(14-19)18(21)20-9-5-2-6-10-20/h3-4,7-8,17H,2,5-6,9-14H2,1H3. The van der Waals surface area contributed by atoms with E-state index in [1.807, 2.05) is 4.90 Å². The van der Waals surface area contributed by atoms with Crippen molar-refractivity contribution in [2.24, 2.45) is 0 Å². The van der Waals surface area contributed by atoms with Gasteiger partial charge in [-0.1, -0.05) is 24.3 Å². The van der Waals surface area contributed by atoms with E-state index in [2.05, 4.69) is 36.1 Å². The van der Waals surface area contributed by atoms with Crippen LogP contribution in [0, 0.1) is 6.92 Å². The second-order valence-electron chi connectivity index (χ2n) is 6.41. The number of piperidine rings is 1. The Labute approximate surface area is 133 Å². The lowest BCUT2D eigenvalue weighted by molar-refractivity contribution is -0.150. The Morgan fingerprint density at radius 1 is 1.18 bits per heavy atom. The number of likely N-dealkylation sites (tertiary alicyclic amines) is 1. The molecule has 2 saturated heterocycles. The minimum Gasteiger partial charge on any atom is -0.366 e. The van der Waals surface area contributed by atoms with E-state index in [1.165, 1.54) is 17.5 Å². The molecule has 0 bridgehead atoms. The Bertz CT molecular complexity index is 512. The Balaban J connectivity index is 1.59. The third-order valence-electron chi connectivity index (χ3n) is 4.75. The van der Waals surface area contributed by atoms with Gasteiger partial charge in [0.25, 0.3) is 5.91 Å². The van der Waals surface area contributed by atoms with E-state index >= 15 is 0 Å². The number of nitrogens with zero attached hydrogens (tertiary/aromatic N) is 2. The van der Waals surface area contributed by atoms with Gasteiger partial charge in [0.15, 0.2) is 0 Å². The van der Waals surface area contributed by atoms with E-state index in [9.17, 15) is 4.79 Å². The summed E-state index contributed by atoms with van der Waals surface area (Å²) in [5.41, 5.74) is 2.65. The zero-order chi connectivity index (χ0) is 15.4. The van der Waals surface area contributed by atoms with Gasteiger partial charge >= 0.3 is 0 Å². The molecule has 1 atom stereocenters. The highest BCUT2D eigenvalue weighted by atomic mass is 16.5. The fraction of sp³-hybridized carbons (Fsp3) is 0.611. The number of benzene rings is 1. The van der Waals surface area contributed by atoms with Gasteiger partial charge in [0.05, 0.1) is 6.61 Å². The number of amides is 1. The molecule has 0 radical (unpaired) electrons. The maximum Gasteiger partial charge on any atom is 0.253 e. The fourth-order valence-electron chi connectivity index (χ4n) is 3.34. The summed E-state index contributed by atoms with van der Waals surface area (Å²) in [7, 11) is 0. The molecule has 22 heavy (non-hydrogen) atoms. The molecule has 2 fully saturated rings. The summed E-state index contributed by atoms with van der Waals surface area (Å²) in [6.07, 6.45) is 3.22. The number of morpholine rings is 1. The molecule has 0 N–H and O–H groups in total. The smallest absolute Gasteiger partial charge is 0.253 e. The highest BCUT2D eigenvalue weighted by Gasteiger charge is 2.30. The van der Waals surface area contributed by atoms with Crippen LogP contribution in [0.3, 0.4) is 0 Å². The predicted octanol–water partition coefficient (Wildman–Crippen LogP) is 2.21. The molecule has 0 spiro atoms. The average molecular weight is 302 g/mol. The summed E-state index contributed by atoms with van der Waals surface area (Å²) in [5, 5.41) is 0. The number of aryl methyl sites for hydroxylation is 1. The van der Waals surface area contributed by atoms with Gasteiger partial charge in [-0.3, -0.25) is 9.69 Å². The van der Waals surface area contributed by atoms with Gasteiger partial charge in [-0.2, -0.15) is 0 Å². The van der Waals surface area contributed by atoms with Crippen molar-refractivity contribution in [2.45, 2.75) is 38.8 Å². The van der Waals surface area contributed by atoms with Gasteiger partial charge in [0.2, 0.25) is 0 Å². The summed E-state index contributed by atoms with van der Waals surface area (Å²) >= 11 is 0. The largest absolute Gasteiger partial charge is 0.366 e. The molecule has 3 rings (SSSR count). The van der Waals surface area contributed by atoms with Crippen LogP contribution >= 0.6 is 0 Å². The quantitative estimate of drug-likeness (QED) is 0.858. The first-order chi connectivity index (χ1) is 10.7.